The summed E-state index contributed by atoms with van der Waals surface area (Å²) < 4.78 is 6.98. The normalized spacial score (nSPS) is 16.9. The lowest BCUT2D eigenvalue weighted by Crippen LogP contribution is -2.45. The van der Waals surface area contributed by atoms with Crippen molar-refractivity contribution in [1.29, 1.82) is 0 Å². The summed E-state index contributed by atoms with van der Waals surface area (Å²) in [5, 5.41) is 7.03. The van der Waals surface area contributed by atoms with E-state index in [4.69, 9.17) is 4.74 Å². The molecule has 0 saturated heterocycles. The van der Waals surface area contributed by atoms with Crippen LogP contribution < -0.4 is 5.32 Å². The highest BCUT2D eigenvalue weighted by atomic mass is 16.5. The smallest absolute Gasteiger partial charge is 0.220 e. The van der Waals surface area contributed by atoms with Crippen molar-refractivity contribution in [3.8, 4) is 0 Å². The fourth-order valence-electron chi connectivity index (χ4n) is 2.48. The van der Waals surface area contributed by atoms with Crippen LogP contribution in [0.2, 0.25) is 0 Å². The van der Waals surface area contributed by atoms with E-state index in [0.717, 1.165) is 39.0 Å². The van der Waals surface area contributed by atoms with Crippen LogP contribution in [0.25, 0.3) is 0 Å². The number of nitrogens with zero attached hydrogens (tertiary/aromatic N) is 3. The number of carbonyl (C=O) groups is 1. The summed E-state index contributed by atoms with van der Waals surface area (Å²) in [4.78, 5) is 15.6. The van der Waals surface area contributed by atoms with Gasteiger partial charge < -0.3 is 10.1 Å². The zero-order chi connectivity index (χ0) is 13.6. The molecule has 0 spiro atoms. The molecule has 1 aliphatic rings. The SMILES string of the molecule is COCC1(CNC(=O)CCCn2cncn2)CCC1. The predicted molar refractivity (Wildman–Crippen MR) is 70.4 cm³/mol. The second kappa shape index (κ2) is 6.65. The van der Waals surface area contributed by atoms with Gasteiger partial charge >= 0.3 is 0 Å². The van der Waals surface area contributed by atoms with Gasteiger partial charge in [-0.05, 0) is 19.3 Å². The third kappa shape index (κ3) is 4.02. The molecule has 1 aromatic heterocycles. The summed E-state index contributed by atoms with van der Waals surface area (Å²) in [6, 6.07) is 0. The van der Waals surface area contributed by atoms with Gasteiger partial charge in [0.05, 0.1) is 6.61 Å². The van der Waals surface area contributed by atoms with E-state index in [9.17, 15) is 4.79 Å². The van der Waals surface area contributed by atoms with Gasteiger partial charge in [-0.25, -0.2) is 4.98 Å². The molecule has 106 valence electrons. The Hall–Kier alpha value is -1.43. The number of ether oxygens (including phenoxy) is 1. The molecular weight excluding hydrogens is 244 g/mol. The molecule has 6 heteroatoms. The Morgan fingerprint density at radius 2 is 2.37 bits per heavy atom. The van der Waals surface area contributed by atoms with E-state index in [2.05, 4.69) is 15.4 Å². The van der Waals surface area contributed by atoms with E-state index in [1.54, 1.807) is 18.1 Å². The van der Waals surface area contributed by atoms with Gasteiger partial charge in [0, 0.05) is 32.0 Å². The Balaban J connectivity index is 1.61. The van der Waals surface area contributed by atoms with Gasteiger partial charge in [0.2, 0.25) is 5.91 Å². The molecule has 1 amide bonds. The van der Waals surface area contributed by atoms with Crippen molar-refractivity contribution in [3.05, 3.63) is 12.7 Å². The zero-order valence-electron chi connectivity index (χ0n) is 11.5. The summed E-state index contributed by atoms with van der Waals surface area (Å²) in [6.45, 7) is 2.21. The molecule has 1 saturated carbocycles. The van der Waals surface area contributed by atoms with Crippen LogP contribution in [0.5, 0.6) is 0 Å². The molecule has 1 heterocycles. The fourth-order valence-corrected chi connectivity index (χ4v) is 2.48. The van der Waals surface area contributed by atoms with E-state index >= 15 is 0 Å². The predicted octanol–water partition coefficient (Wildman–Crippen LogP) is 0.991. The van der Waals surface area contributed by atoms with Crippen LogP contribution >= 0.6 is 0 Å². The van der Waals surface area contributed by atoms with Gasteiger partial charge in [-0.2, -0.15) is 5.10 Å². The van der Waals surface area contributed by atoms with Crippen LogP contribution in [-0.4, -0.2) is 40.9 Å². The first-order chi connectivity index (χ1) is 9.24. The number of hydrogen-bond donors (Lipinski definition) is 1. The van der Waals surface area contributed by atoms with E-state index in [1.807, 2.05) is 0 Å². The number of rotatable bonds is 8. The third-order valence-electron chi connectivity index (χ3n) is 3.78. The molecule has 19 heavy (non-hydrogen) atoms. The molecule has 0 radical (unpaired) electrons. The molecule has 6 nitrogen and oxygen atoms in total. The average molecular weight is 266 g/mol. The minimum absolute atomic E-state index is 0.113. The van der Waals surface area contributed by atoms with Crippen LogP contribution in [0.1, 0.15) is 32.1 Å². The highest BCUT2D eigenvalue weighted by Gasteiger charge is 2.37. The Kier molecular flexibility index (Phi) is 4.90. The largest absolute Gasteiger partial charge is 0.384 e. The van der Waals surface area contributed by atoms with Gasteiger partial charge in [0.25, 0.3) is 0 Å². The standard InChI is InChI=1S/C13H22N4O2/c1-19-9-13(5-3-6-13)8-15-12(18)4-2-7-17-11-14-10-16-17/h10-11H,2-9H2,1H3,(H,15,18). The first kappa shape index (κ1) is 14.0. The van der Waals surface area contributed by atoms with Gasteiger partial charge in [-0.1, -0.05) is 6.42 Å². The molecule has 1 fully saturated rings. The monoisotopic (exact) mass is 266 g/mol. The van der Waals surface area contributed by atoms with E-state index in [1.165, 1.54) is 12.7 Å². The Morgan fingerprint density at radius 1 is 1.53 bits per heavy atom. The van der Waals surface area contributed by atoms with Crippen molar-refractivity contribution in [1.82, 2.24) is 20.1 Å². The molecular formula is C13H22N4O2. The van der Waals surface area contributed by atoms with Crippen molar-refractivity contribution in [2.45, 2.75) is 38.6 Å². The fraction of sp³-hybridized carbons (Fsp3) is 0.769. The molecule has 0 unspecified atom stereocenters. The minimum atomic E-state index is 0.113. The quantitative estimate of drug-likeness (QED) is 0.762. The first-order valence-corrected chi connectivity index (χ1v) is 6.82. The summed E-state index contributed by atoms with van der Waals surface area (Å²) >= 11 is 0. The molecule has 0 bridgehead atoms. The van der Waals surface area contributed by atoms with Gasteiger partial charge in [-0.15, -0.1) is 0 Å². The maximum Gasteiger partial charge on any atom is 0.220 e. The number of aryl methyl sites for hydroxylation is 1. The number of amides is 1. The van der Waals surface area contributed by atoms with Gasteiger partial charge in [0.15, 0.2) is 0 Å². The van der Waals surface area contributed by atoms with Crippen molar-refractivity contribution in [3.63, 3.8) is 0 Å². The lowest BCUT2D eigenvalue weighted by Gasteiger charge is -2.41. The second-order valence-corrected chi connectivity index (χ2v) is 5.33. The van der Waals surface area contributed by atoms with Crippen LogP contribution in [-0.2, 0) is 16.1 Å². The van der Waals surface area contributed by atoms with Crippen LogP contribution in [0.3, 0.4) is 0 Å². The highest BCUT2D eigenvalue weighted by molar-refractivity contribution is 5.75. The zero-order valence-corrected chi connectivity index (χ0v) is 11.5. The third-order valence-corrected chi connectivity index (χ3v) is 3.78. The van der Waals surface area contributed by atoms with E-state index in [0.29, 0.717) is 6.42 Å². The lowest BCUT2D eigenvalue weighted by molar-refractivity contribution is -0.122. The Bertz CT molecular complexity index is 387. The van der Waals surface area contributed by atoms with E-state index < -0.39 is 0 Å². The lowest BCUT2D eigenvalue weighted by atomic mass is 9.69. The number of methoxy groups -OCH3 is 1. The number of hydrogen-bond acceptors (Lipinski definition) is 4. The summed E-state index contributed by atoms with van der Waals surface area (Å²) in [5.74, 6) is 0.113. The molecule has 0 aliphatic heterocycles. The van der Waals surface area contributed by atoms with Crippen LogP contribution in [0.4, 0.5) is 0 Å². The van der Waals surface area contributed by atoms with E-state index in [-0.39, 0.29) is 11.3 Å². The molecule has 1 N–H and O–H groups in total. The first-order valence-electron chi connectivity index (χ1n) is 6.82. The van der Waals surface area contributed by atoms with Crippen LogP contribution in [0, 0.1) is 5.41 Å². The molecule has 1 aromatic rings. The summed E-state index contributed by atoms with van der Waals surface area (Å²) in [6.07, 6.45) is 8.03. The molecule has 1 aliphatic carbocycles. The minimum Gasteiger partial charge on any atom is -0.384 e. The summed E-state index contributed by atoms with van der Waals surface area (Å²) in [5.41, 5.74) is 0.191. The molecule has 0 atom stereocenters. The molecule has 2 rings (SSSR count). The number of aromatic nitrogens is 3. The molecule has 0 aromatic carbocycles. The van der Waals surface area contributed by atoms with Crippen LogP contribution in [0.15, 0.2) is 12.7 Å². The van der Waals surface area contributed by atoms with Gasteiger partial charge in [-0.3, -0.25) is 9.48 Å². The van der Waals surface area contributed by atoms with Crippen molar-refractivity contribution < 1.29 is 9.53 Å². The van der Waals surface area contributed by atoms with Crippen molar-refractivity contribution >= 4 is 5.91 Å². The van der Waals surface area contributed by atoms with Gasteiger partial charge in [0.1, 0.15) is 12.7 Å². The average Bonchev–Trinajstić information content (AvgIpc) is 2.85. The maximum atomic E-state index is 11.8. The Labute approximate surface area is 113 Å². The summed E-state index contributed by atoms with van der Waals surface area (Å²) in [7, 11) is 1.72. The second-order valence-electron chi connectivity index (χ2n) is 5.33. The number of carbonyl (C=O) groups excluding carboxylic acids is 1. The maximum absolute atomic E-state index is 11.8. The topological polar surface area (TPSA) is 69.0 Å². The van der Waals surface area contributed by atoms with Crippen molar-refractivity contribution in [2.75, 3.05) is 20.3 Å². The van der Waals surface area contributed by atoms with Crippen molar-refractivity contribution in [2.24, 2.45) is 5.41 Å². The Morgan fingerprint density at radius 3 is 2.95 bits per heavy atom. The highest BCUT2D eigenvalue weighted by Crippen LogP contribution is 2.40. The number of nitrogens with one attached hydrogen (secondary N) is 1.